The first-order valence-electron chi connectivity index (χ1n) is 4.18. The molecule has 0 aromatic heterocycles. The number of carbonyl (C=O) groups excluding carboxylic acids is 2. The number of hydrogen-bond acceptors (Lipinski definition) is 2. The Morgan fingerprint density at radius 1 is 1.31 bits per heavy atom. The minimum absolute atomic E-state index is 0.333. The molecular formula is C10H8F2N2O2. The number of rotatable bonds is 3. The average Bonchev–Trinajstić information content (AvgIpc) is 2.21. The van der Waals surface area contributed by atoms with Gasteiger partial charge in [0.2, 0.25) is 5.91 Å². The van der Waals surface area contributed by atoms with Crippen molar-refractivity contribution in [2.24, 2.45) is 5.73 Å². The van der Waals surface area contributed by atoms with Crippen LogP contribution < -0.4 is 11.1 Å². The summed E-state index contributed by atoms with van der Waals surface area (Å²) in [5, 5.41) is 2.08. The fourth-order valence-electron chi connectivity index (χ4n) is 1.02. The molecule has 3 N–H and O–H groups in total. The second-order valence-corrected chi connectivity index (χ2v) is 2.87. The zero-order valence-corrected chi connectivity index (χ0v) is 8.09. The van der Waals surface area contributed by atoms with Crippen molar-refractivity contribution < 1.29 is 18.4 Å². The molecule has 1 aromatic carbocycles. The molecule has 1 aromatic rings. The van der Waals surface area contributed by atoms with E-state index in [4.69, 9.17) is 5.73 Å². The number of nitrogens with two attached hydrogens (primary N) is 1. The number of anilines is 1. The second-order valence-electron chi connectivity index (χ2n) is 2.87. The van der Waals surface area contributed by atoms with Crippen molar-refractivity contribution in [3.05, 3.63) is 42.0 Å². The lowest BCUT2D eigenvalue weighted by atomic mass is 10.1. The first-order valence-corrected chi connectivity index (χ1v) is 4.18. The average molecular weight is 226 g/mol. The largest absolute Gasteiger partial charge is 0.366 e. The molecule has 0 unspecified atom stereocenters. The van der Waals surface area contributed by atoms with Gasteiger partial charge in [-0.3, -0.25) is 9.59 Å². The fourth-order valence-corrected chi connectivity index (χ4v) is 1.02. The highest BCUT2D eigenvalue weighted by molar-refractivity contribution is 6.00. The van der Waals surface area contributed by atoms with Crippen molar-refractivity contribution in [1.29, 1.82) is 0 Å². The van der Waals surface area contributed by atoms with E-state index in [2.05, 4.69) is 11.9 Å². The van der Waals surface area contributed by atoms with Gasteiger partial charge in [0.05, 0.1) is 11.3 Å². The summed E-state index contributed by atoms with van der Waals surface area (Å²) in [5.74, 6) is -3.81. The standard InChI is InChI=1S/C10H8F2N2O2/c1-2-9(15)14-8-3-5(10(13)16)6(11)4-7(8)12/h2-4H,1H2,(H2,13,16)(H,14,15). The zero-order chi connectivity index (χ0) is 12.3. The van der Waals surface area contributed by atoms with Gasteiger partial charge >= 0.3 is 0 Å². The third-order valence-corrected chi connectivity index (χ3v) is 1.77. The van der Waals surface area contributed by atoms with Crippen LogP contribution in [0.4, 0.5) is 14.5 Å². The monoisotopic (exact) mass is 226 g/mol. The van der Waals surface area contributed by atoms with Gasteiger partial charge in [0.1, 0.15) is 11.6 Å². The number of halogens is 2. The van der Waals surface area contributed by atoms with Crippen molar-refractivity contribution in [3.8, 4) is 0 Å². The van der Waals surface area contributed by atoms with Gasteiger partial charge in [-0.25, -0.2) is 8.78 Å². The van der Waals surface area contributed by atoms with E-state index in [-0.39, 0.29) is 5.69 Å². The van der Waals surface area contributed by atoms with Crippen molar-refractivity contribution in [2.75, 3.05) is 5.32 Å². The van der Waals surface area contributed by atoms with Gasteiger partial charge in [-0.2, -0.15) is 0 Å². The molecule has 1 rings (SSSR count). The van der Waals surface area contributed by atoms with Crippen LogP contribution in [0.2, 0.25) is 0 Å². The SMILES string of the molecule is C=CC(=O)Nc1cc(C(N)=O)c(F)cc1F. The molecular weight excluding hydrogens is 218 g/mol. The van der Waals surface area contributed by atoms with Gasteiger partial charge in [-0.15, -0.1) is 0 Å². The van der Waals surface area contributed by atoms with E-state index in [1.807, 2.05) is 0 Å². The van der Waals surface area contributed by atoms with E-state index in [0.29, 0.717) is 6.07 Å². The molecule has 0 spiro atoms. The molecule has 0 fully saturated rings. The Morgan fingerprint density at radius 3 is 2.44 bits per heavy atom. The maximum Gasteiger partial charge on any atom is 0.251 e. The highest BCUT2D eigenvalue weighted by atomic mass is 19.1. The first-order chi connectivity index (χ1) is 7.45. The summed E-state index contributed by atoms with van der Waals surface area (Å²) in [4.78, 5) is 21.7. The van der Waals surface area contributed by atoms with E-state index in [1.54, 1.807) is 0 Å². The van der Waals surface area contributed by atoms with E-state index in [9.17, 15) is 18.4 Å². The van der Waals surface area contributed by atoms with Gasteiger partial charge in [-0.1, -0.05) is 6.58 Å². The summed E-state index contributed by atoms with van der Waals surface area (Å²) in [6.45, 7) is 3.16. The molecule has 4 nitrogen and oxygen atoms in total. The lowest BCUT2D eigenvalue weighted by Crippen LogP contribution is -2.16. The van der Waals surface area contributed by atoms with Gasteiger partial charge in [0, 0.05) is 6.07 Å². The zero-order valence-electron chi connectivity index (χ0n) is 8.09. The van der Waals surface area contributed by atoms with Crippen LogP contribution in [0.3, 0.4) is 0 Å². The molecule has 6 heteroatoms. The molecule has 0 saturated carbocycles. The summed E-state index contributed by atoms with van der Waals surface area (Å²) >= 11 is 0. The Kier molecular flexibility index (Phi) is 3.34. The van der Waals surface area contributed by atoms with Crippen LogP contribution in [-0.2, 0) is 4.79 Å². The lowest BCUT2D eigenvalue weighted by Gasteiger charge is -2.06. The van der Waals surface area contributed by atoms with Gasteiger partial charge in [-0.05, 0) is 12.1 Å². The van der Waals surface area contributed by atoms with Crippen molar-refractivity contribution in [3.63, 3.8) is 0 Å². The highest BCUT2D eigenvalue weighted by Gasteiger charge is 2.14. The molecule has 0 bridgehead atoms. The molecule has 0 aliphatic heterocycles. The minimum Gasteiger partial charge on any atom is -0.366 e. The Balaban J connectivity index is 3.19. The maximum absolute atomic E-state index is 13.1. The fraction of sp³-hybridized carbons (Fsp3) is 0. The van der Waals surface area contributed by atoms with Crippen LogP contribution >= 0.6 is 0 Å². The predicted molar refractivity (Wildman–Crippen MR) is 53.7 cm³/mol. The Hall–Kier alpha value is -2.24. The maximum atomic E-state index is 13.1. The lowest BCUT2D eigenvalue weighted by molar-refractivity contribution is -0.111. The van der Waals surface area contributed by atoms with Gasteiger partial charge < -0.3 is 11.1 Å². The number of carbonyl (C=O) groups is 2. The molecule has 0 aliphatic rings. The van der Waals surface area contributed by atoms with Crippen LogP contribution in [0.15, 0.2) is 24.8 Å². The smallest absolute Gasteiger partial charge is 0.251 e. The first kappa shape index (κ1) is 11.8. The molecule has 2 amide bonds. The van der Waals surface area contributed by atoms with E-state index < -0.39 is 29.0 Å². The van der Waals surface area contributed by atoms with Crippen molar-refractivity contribution in [2.45, 2.75) is 0 Å². The Labute approximate surface area is 89.7 Å². The summed E-state index contributed by atoms with van der Waals surface area (Å²) in [5.41, 5.74) is 4.03. The minimum atomic E-state index is -1.08. The molecule has 0 atom stereocenters. The third kappa shape index (κ3) is 2.41. The normalized spacial score (nSPS) is 9.62. The molecule has 0 heterocycles. The summed E-state index contributed by atoms with van der Waals surface area (Å²) in [6.07, 6.45) is 0.909. The molecule has 0 saturated heterocycles. The summed E-state index contributed by atoms with van der Waals surface area (Å²) in [7, 11) is 0. The number of benzene rings is 1. The quantitative estimate of drug-likeness (QED) is 0.760. The summed E-state index contributed by atoms with van der Waals surface area (Å²) < 4.78 is 26.2. The molecule has 16 heavy (non-hydrogen) atoms. The van der Waals surface area contributed by atoms with Crippen LogP contribution in [0.1, 0.15) is 10.4 Å². The predicted octanol–water partition coefficient (Wildman–Crippen LogP) is 1.19. The van der Waals surface area contributed by atoms with Gasteiger partial charge in [0.15, 0.2) is 0 Å². The van der Waals surface area contributed by atoms with E-state index in [0.717, 1.165) is 12.1 Å². The highest BCUT2D eigenvalue weighted by Crippen LogP contribution is 2.19. The number of nitrogens with one attached hydrogen (secondary N) is 1. The molecule has 0 aliphatic carbocycles. The van der Waals surface area contributed by atoms with Crippen LogP contribution in [-0.4, -0.2) is 11.8 Å². The summed E-state index contributed by atoms with van der Waals surface area (Å²) in [6, 6.07) is 1.30. The van der Waals surface area contributed by atoms with E-state index in [1.165, 1.54) is 0 Å². The second kappa shape index (κ2) is 4.52. The van der Waals surface area contributed by atoms with Crippen molar-refractivity contribution >= 4 is 17.5 Å². The molecule has 0 radical (unpaired) electrons. The number of primary amides is 1. The van der Waals surface area contributed by atoms with Crippen molar-refractivity contribution in [1.82, 2.24) is 0 Å². The van der Waals surface area contributed by atoms with E-state index >= 15 is 0 Å². The van der Waals surface area contributed by atoms with Crippen LogP contribution in [0.5, 0.6) is 0 Å². The topological polar surface area (TPSA) is 72.2 Å². The number of hydrogen-bond donors (Lipinski definition) is 2. The Morgan fingerprint density at radius 2 is 1.94 bits per heavy atom. The number of amides is 2. The molecule has 84 valence electrons. The third-order valence-electron chi connectivity index (χ3n) is 1.77. The van der Waals surface area contributed by atoms with Crippen LogP contribution in [0, 0.1) is 11.6 Å². The van der Waals surface area contributed by atoms with Gasteiger partial charge in [0.25, 0.3) is 5.91 Å². The van der Waals surface area contributed by atoms with Crippen LogP contribution in [0.25, 0.3) is 0 Å². The Bertz CT molecular complexity index is 472.